The van der Waals surface area contributed by atoms with Gasteiger partial charge in [-0.2, -0.15) is 0 Å². The third-order valence-corrected chi connectivity index (χ3v) is 5.32. The number of hydrogen-bond donors (Lipinski definition) is 0. The van der Waals surface area contributed by atoms with Gasteiger partial charge < -0.3 is 14.2 Å². The zero-order valence-electron chi connectivity index (χ0n) is 13.3. The second kappa shape index (κ2) is 5.25. The maximum atomic E-state index is 12.2. The number of hydrogen-bond acceptors (Lipinski definition) is 5. The van der Waals surface area contributed by atoms with Gasteiger partial charge in [0.2, 0.25) is 0 Å². The highest BCUT2D eigenvalue weighted by molar-refractivity contribution is 5.92. The van der Waals surface area contributed by atoms with Gasteiger partial charge in [-0.1, -0.05) is 12.5 Å². The highest BCUT2D eigenvalue weighted by Gasteiger charge is 2.49. The van der Waals surface area contributed by atoms with E-state index in [9.17, 15) is 9.59 Å². The third kappa shape index (κ3) is 2.30. The molecule has 4 atom stereocenters. The summed E-state index contributed by atoms with van der Waals surface area (Å²) in [6, 6.07) is 0. The number of rotatable bonds is 2. The predicted octanol–water partition coefficient (Wildman–Crippen LogP) is 2.78. The van der Waals surface area contributed by atoms with Gasteiger partial charge in [-0.3, -0.25) is 0 Å². The second-order valence-electron chi connectivity index (χ2n) is 6.82. The molecule has 122 valence electrons. The van der Waals surface area contributed by atoms with Crippen LogP contribution in [-0.2, 0) is 23.8 Å². The maximum Gasteiger partial charge on any atom is 0.338 e. The Morgan fingerprint density at radius 3 is 2.83 bits per heavy atom. The molecule has 5 nitrogen and oxygen atoms in total. The van der Waals surface area contributed by atoms with Crippen LogP contribution in [0.4, 0.5) is 0 Å². The lowest BCUT2D eigenvalue weighted by Crippen LogP contribution is -2.19. The molecule has 0 aromatic rings. The van der Waals surface area contributed by atoms with Gasteiger partial charge in [-0.05, 0) is 44.1 Å². The molecule has 0 aromatic heterocycles. The Kier molecular flexibility index (Phi) is 3.32. The van der Waals surface area contributed by atoms with Crippen molar-refractivity contribution in [3.05, 3.63) is 34.6 Å². The van der Waals surface area contributed by atoms with Gasteiger partial charge in [-0.25, -0.2) is 9.59 Å². The number of allylic oxidation sites excluding steroid dienone is 1. The van der Waals surface area contributed by atoms with Crippen molar-refractivity contribution in [2.75, 3.05) is 0 Å². The van der Waals surface area contributed by atoms with Gasteiger partial charge in [0.1, 0.15) is 6.10 Å². The Bertz CT molecular complexity index is 669. The van der Waals surface area contributed by atoms with Crippen molar-refractivity contribution >= 4 is 11.9 Å². The van der Waals surface area contributed by atoms with Crippen molar-refractivity contribution in [1.82, 2.24) is 0 Å². The van der Waals surface area contributed by atoms with E-state index in [0.29, 0.717) is 17.1 Å². The van der Waals surface area contributed by atoms with E-state index >= 15 is 0 Å². The van der Waals surface area contributed by atoms with Crippen molar-refractivity contribution in [3.63, 3.8) is 0 Å². The lowest BCUT2D eigenvalue weighted by Gasteiger charge is -2.24. The van der Waals surface area contributed by atoms with E-state index in [1.165, 1.54) is 23.8 Å². The van der Waals surface area contributed by atoms with Crippen LogP contribution < -0.4 is 0 Å². The fourth-order valence-corrected chi connectivity index (χ4v) is 4.16. The van der Waals surface area contributed by atoms with Crippen LogP contribution in [0.2, 0.25) is 0 Å². The molecule has 0 unspecified atom stereocenters. The highest BCUT2D eigenvalue weighted by atomic mass is 16.7. The molecule has 5 heteroatoms. The van der Waals surface area contributed by atoms with E-state index in [4.69, 9.17) is 14.2 Å². The minimum Gasteiger partial charge on any atom is -0.458 e. The molecule has 0 amide bonds. The van der Waals surface area contributed by atoms with E-state index in [1.54, 1.807) is 13.0 Å². The number of ether oxygens (including phenoxy) is 3. The third-order valence-electron chi connectivity index (χ3n) is 5.32. The molecular weight excluding hydrogens is 296 g/mol. The van der Waals surface area contributed by atoms with Gasteiger partial charge >= 0.3 is 11.9 Å². The first-order valence-corrected chi connectivity index (χ1v) is 8.22. The quantitative estimate of drug-likeness (QED) is 0.339. The van der Waals surface area contributed by atoms with Gasteiger partial charge in [0, 0.05) is 17.6 Å². The molecule has 0 N–H and O–H groups in total. The molecule has 4 rings (SSSR count). The van der Waals surface area contributed by atoms with Crippen molar-refractivity contribution < 1.29 is 23.8 Å². The molecule has 2 heterocycles. The molecule has 0 radical (unpaired) electrons. The van der Waals surface area contributed by atoms with Crippen molar-refractivity contribution in [2.45, 2.75) is 51.9 Å². The average molecular weight is 316 g/mol. The smallest absolute Gasteiger partial charge is 0.338 e. The Hall–Kier alpha value is -2.04. The molecule has 2 aliphatic carbocycles. The van der Waals surface area contributed by atoms with E-state index in [0.717, 1.165) is 19.3 Å². The van der Waals surface area contributed by atoms with Gasteiger partial charge in [0.05, 0.1) is 11.8 Å². The summed E-state index contributed by atoms with van der Waals surface area (Å²) in [5, 5.41) is 0. The van der Waals surface area contributed by atoms with Gasteiger partial charge in [0.15, 0.2) is 0 Å². The fraction of sp³-hybridized carbons (Fsp3) is 0.556. The molecular formula is C18H20O5. The van der Waals surface area contributed by atoms with Crippen molar-refractivity contribution in [2.24, 2.45) is 11.8 Å². The zero-order valence-corrected chi connectivity index (χ0v) is 13.3. The first-order chi connectivity index (χ1) is 11.0. The molecule has 1 saturated heterocycles. The van der Waals surface area contributed by atoms with Gasteiger partial charge in [-0.15, -0.1) is 0 Å². The standard InChI is InChI=1S/C18H20O5/c1-9-4-3-5-11-7-12-13(18(20)23-16(12)15(9)11)8-21-14-6-10(2)17(19)22-14/h6,8-9,12,14,16H,3-5,7H2,1-2H3/b13-8-/t9-,12+,14+,16-/m0/s1. The molecule has 4 aliphatic rings. The summed E-state index contributed by atoms with van der Waals surface area (Å²) in [6.45, 7) is 3.89. The van der Waals surface area contributed by atoms with Crippen LogP contribution in [0.1, 0.15) is 39.5 Å². The molecule has 1 fully saturated rings. The monoisotopic (exact) mass is 316 g/mol. The SMILES string of the molecule is CC1=C[C@H](O/C=C2\C(=O)O[C@@H]3C4=C(CCC[C@@H]4C)C[C@H]23)OC1=O. The fourth-order valence-electron chi connectivity index (χ4n) is 4.16. The first-order valence-electron chi connectivity index (χ1n) is 8.22. The number of esters is 2. The number of fused-ring (bicyclic) bond motifs is 2. The van der Waals surface area contributed by atoms with Crippen LogP contribution in [0.15, 0.2) is 34.6 Å². The summed E-state index contributed by atoms with van der Waals surface area (Å²) >= 11 is 0. The maximum absolute atomic E-state index is 12.2. The molecule has 0 saturated carbocycles. The molecule has 0 spiro atoms. The van der Waals surface area contributed by atoms with Crippen LogP contribution in [0.25, 0.3) is 0 Å². The van der Waals surface area contributed by atoms with E-state index in [2.05, 4.69) is 6.92 Å². The van der Waals surface area contributed by atoms with Gasteiger partial charge in [0.25, 0.3) is 6.29 Å². The second-order valence-corrected chi connectivity index (χ2v) is 6.82. The van der Waals surface area contributed by atoms with Crippen LogP contribution in [0.5, 0.6) is 0 Å². The lowest BCUT2D eigenvalue weighted by atomic mass is 9.84. The minimum absolute atomic E-state index is 0.0511. The topological polar surface area (TPSA) is 61.8 Å². The summed E-state index contributed by atoms with van der Waals surface area (Å²) in [7, 11) is 0. The number of carbonyl (C=O) groups excluding carboxylic acids is 2. The zero-order chi connectivity index (χ0) is 16.1. The predicted molar refractivity (Wildman–Crippen MR) is 80.8 cm³/mol. The number of carbonyl (C=O) groups is 2. The summed E-state index contributed by atoms with van der Waals surface area (Å²) in [4.78, 5) is 23.5. The Morgan fingerprint density at radius 2 is 2.09 bits per heavy atom. The van der Waals surface area contributed by atoms with Crippen LogP contribution in [-0.4, -0.2) is 24.3 Å². The van der Waals surface area contributed by atoms with Crippen molar-refractivity contribution in [3.8, 4) is 0 Å². The normalized spacial score (nSPS) is 37.5. The first kappa shape index (κ1) is 14.5. The number of cyclic esters (lactones) is 1. The van der Waals surface area contributed by atoms with E-state index in [-0.39, 0.29) is 24.0 Å². The largest absolute Gasteiger partial charge is 0.458 e. The van der Waals surface area contributed by atoms with Crippen LogP contribution in [0, 0.1) is 11.8 Å². The van der Waals surface area contributed by atoms with Crippen molar-refractivity contribution in [1.29, 1.82) is 0 Å². The van der Waals surface area contributed by atoms with Crippen LogP contribution >= 0.6 is 0 Å². The molecule has 2 aliphatic heterocycles. The lowest BCUT2D eigenvalue weighted by molar-refractivity contribution is -0.152. The molecule has 0 aromatic carbocycles. The molecule has 23 heavy (non-hydrogen) atoms. The molecule has 0 bridgehead atoms. The van der Waals surface area contributed by atoms with E-state index < -0.39 is 6.29 Å². The van der Waals surface area contributed by atoms with E-state index in [1.807, 2.05) is 0 Å². The summed E-state index contributed by atoms with van der Waals surface area (Å²) in [5.41, 5.74) is 3.87. The average Bonchev–Trinajstić information content (AvgIpc) is 3.10. The highest BCUT2D eigenvalue weighted by Crippen LogP contribution is 2.50. The summed E-state index contributed by atoms with van der Waals surface area (Å²) < 4.78 is 16.1. The van der Waals surface area contributed by atoms with Crippen LogP contribution in [0.3, 0.4) is 0 Å². The summed E-state index contributed by atoms with van der Waals surface area (Å²) in [6.07, 6.45) is 6.55. The minimum atomic E-state index is -0.746. The Morgan fingerprint density at radius 1 is 1.26 bits per heavy atom. The Labute approximate surface area is 135 Å². The Balaban J connectivity index is 1.52. The summed E-state index contributed by atoms with van der Waals surface area (Å²) in [5.74, 6) is -0.153.